The molecule has 0 aliphatic rings. The zero-order valence-corrected chi connectivity index (χ0v) is 10.5. The van der Waals surface area contributed by atoms with Crippen molar-refractivity contribution in [3.63, 3.8) is 0 Å². The monoisotopic (exact) mass is 232 g/mol. The first-order valence-corrected chi connectivity index (χ1v) is 5.59. The Morgan fingerprint density at radius 1 is 1.24 bits per heavy atom. The second-order valence-electron chi connectivity index (χ2n) is 4.39. The van der Waals surface area contributed by atoms with Gasteiger partial charge in [-0.05, 0) is 44.9 Å². The van der Waals surface area contributed by atoms with Gasteiger partial charge >= 0.3 is 0 Å². The van der Waals surface area contributed by atoms with Gasteiger partial charge in [0.15, 0.2) is 0 Å². The van der Waals surface area contributed by atoms with Crippen LogP contribution >= 0.6 is 0 Å². The van der Waals surface area contributed by atoms with E-state index in [0.29, 0.717) is 5.82 Å². The Labute approximate surface area is 100 Å². The van der Waals surface area contributed by atoms with Crippen LogP contribution in [0.15, 0.2) is 16.7 Å². The quantitative estimate of drug-likeness (QED) is 0.864. The summed E-state index contributed by atoms with van der Waals surface area (Å²) in [5, 5.41) is 13.3. The molecule has 0 amide bonds. The Morgan fingerprint density at radius 3 is 2.53 bits per heavy atom. The van der Waals surface area contributed by atoms with Crippen molar-refractivity contribution in [1.29, 1.82) is 0 Å². The van der Waals surface area contributed by atoms with Crippen LogP contribution < -0.4 is 0 Å². The van der Waals surface area contributed by atoms with Gasteiger partial charge in [0.2, 0.25) is 5.82 Å². The molecule has 0 aliphatic heterocycles. The highest BCUT2D eigenvalue weighted by Crippen LogP contribution is 2.25. The third kappa shape index (κ3) is 2.22. The third-order valence-electron chi connectivity index (χ3n) is 2.85. The summed E-state index contributed by atoms with van der Waals surface area (Å²) in [6.07, 6.45) is -0.734. The molecule has 4 heteroatoms. The van der Waals surface area contributed by atoms with Crippen molar-refractivity contribution in [2.24, 2.45) is 0 Å². The predicted molar refractivity (Wildman–Crippen MR) is 64.6 cm³/mol. The lowest BCUT2D eigenvalue weighted by molar-refractivity contribution is 0.152. The summed E-state index contributed by atoms with van der Waals surface area (Å²) < 4.78 is 5.00. The highest BCUT2D eigenvalue weighted by molar-refractivity contribution is 5.62. The number of hydrogen-bond donors (Lipinski definition) is 1. The number of rotatable bonds is 2. The average Bonchev–Trinajstić information content (AvgIpc) is 2.72. The Balaban J connectivity index is 2.52. The van der Waals surface area contributed by atoms with Crippen molar-refractivity contribution >= 4 is 0 Å². The zero-order valence-electron chi connectivity index (χ0n) is 10.5. The average molecular weight is 232 g/mol. The summed E-state index contributed by atoms with van der Waals surface area (Å²) >= 11 is 0. The summed E-state index contributed by atoms with van der Waals surface area (Å²) in [6.45, 7) is 7.72. The second kappa shape index (κ2) is 4.30. The lowest BCUT2D eigenvalue weighted by Crippen LogP contribution is -1.93. The molecular weight excluding hydrogens is 216 g/mol. The van der Waals surface area contributed by atoms with Gasteiger partial charge in [0, 0.05) is 5.56 Å². The molecular formula is C13H16N2O2. The van der Waals surface area contributed by atoms with Gasteiger partial charge in [-0.1, -0.05) is 16.8 Å². The van der Waals surface area contributed by atoms with E-state index in [2.05, 4.69) is 23.1 Å². The van der Waals surface area contributed by atoms with Crippen LogP contribution in [0.4, 0.5) is 0 Å². The van der Waals surface area contributed by atoms with E-state index in [1.54, 1.807) is 6.92 Å². The first-order valence-electron chi connectivity index (χ1n) is 5.59. The van der Waals surface area contributed by atoms with E-state index in [1.807, 2.05) is 19.9 Å². The molecule has 2 rings (SSSR count). The van der Waals surface area contributed by atoms with Crippen LogP contribution in [-0.2, 0) is 0 Å². The maximum Gasteiger partial charge on any atom is 0.255 e. The maximum absolute atomic E-state index is 9.37. The van der Waals surface area contributed by atoms with E-state index < -0.39 is 6.10 Å². The van der Waals surface area contributed by atoms with Crippen LogP contribution in [0.1, 0.15) is 35.6 Å². The minimum absolute atomic E-state index is 0.249. The van der Waals surface area contributed by atoms with Crippen molar-refractivity contribution in [3.05, 3.63) is 34.7 Å². The van der Waals surface area contributed by atoms with E-state index in [4.69, 9.17) is 4.52 Å². The van der Waals surface area contributed by atoms with Gasteiger partial charge in [0.05, 0.1) is 0 Å². The van der Waals surface area contributed by atoms with E-state index in [9.17, 15) is 5.11 Å². The molecule has 17 heavy (non-hydrogen) atoms. The molecule has 0 radical (unpaired) electrons. The van der Waals surface area contributed by atoms with Crippen molar-refractivity contribution in [1.82, 2.24) is 10.1 Å². The molecule has 1 heterocycles. The SMILES string of the molecule is Cc1cc(C)c(C)c(-c2noc(C(C)O)n2)c1. The standard InChI is InChI=1S/C13H16N2O2/c1-7-5-8(2)9(3)11(6-7)12-14-13(10(4)16)17-15-12/h5-6,10,16H,1-4H3. The molecule has 0 saturated carbocycles. The number of aliphatic hydroxyl groups excluding tert-OH is 1. The molecule has 2 aromatic rings. The molecule has 90 valence electrons. The van der Waals surface area contributed by atoms with E-state index in [1.165, 1.54) is 5.56 Å². The molecule has 1 unspecified atom stereocenters. The van der Waals surface area contributed by atoms with E-state index >= 15 is 0 Å². The fraction of sp³-hybridized carbons (Fsp3) is 0.385. The number of benzene rings is 1. The van der Waals surface area contributed by atoms with Gasteiger partial charge in [-0.25, -0.2) is 0 Å². The number of aromatic nitrogens is 2. The fourth-order valence-corrected chi connectivity index (χ4v) is 1.79. The van der Waals surface area contributed by atoms with Crippen LogP contribution in [0.3, 0.4) is 0 Å². The number of aliphatic hydroxyl groups is 1. The molecule has 4 nitrogen and oxygen atoms in total. The highest BCUT2D eigenvalue weighted by atomic mass is 16.5. The number of hydrogen-bond acceptors (Lipinski definition) is 4. The summed E-state index contributed by atoms with van der Waals surface area (Å²) in [5.74, 6) is 0.781. The van der Waals surface area contributed by atoms with E-state index in [-0.39, 0.29) is 5.89 Å². The summed E-state index contributed by atoms with van der Waals surface area (Å²) in [5.41, 5.74) is 4.45. The van der Waals surface area contributed by atoms with Crippen molar-refractivity contribution in [3.8, 4) is 11.4 Å². The minimum atomic E-state index is -0.734. The van der Waals surface area contributed by atoms with Gasteiger partial charge in [0.1, 0.15) is 6.10 Å². The summed E-state index contributed by atoms with van der Waals surface area (Å²) in [6, 6.07) is 4.15. The molecule has 1 aromatic carbocycles. The van der Waals surface area contributed by atoms with Crippen LogP contribution in [0.2, 0.25) is 0 Å². The lowest BCUT2D eigenvalue weighted by atomic mass is 10.00. The zero-order chi connectivity index (χ0) is 12.6. The van der Waals surface area contributed by atoms with Gasteiger partial charge in [-0.2, -0.15) is 4.98 Å². The molecule has 0 spiro atoms. The van der Waals surface area contributed by atoms with Crippen molar-refractivity contribution < 1.29 is 9.63 Å². The Hall–Kier alpha value is -1.68. The third-order valence-corrected chi connectivity index (χ3v) is 2.85. The molecule has 0 fully saturated rings. The normalized spacial score (nSPS) is 12.8. The number of nitrogens with zero attached hydrogens (tertiary/aromatic N) is 2. The molecule has 0 aliphatic carbocycles. The van der Waals surface area contributed by atoms with Crippen LogP contribution in [0, 0.1) is 20.8 Å². The number of aryl methyl sites for hydroxylation is 2. The van der Waals surface area contributed by atoms with Gasteiger partial charge in [0.25, 0.3) is 5.89 Å². The first-order chi connectivity index (χ1) is 7.99. The topological polar surface area (TPSA) is 59.2 Å². The first kappa shape index (κ1) is 11.8. The lowest BCUT2D eigenvalue weighted by Gasteiger charge is -2.06. The van der Waals surface area contributed by atoms with Crippen LogP contribution in [0.5, 0.6) is 0 Å². The second-order valence-corrected chi connectivity index (χ2v) is 4.39. The minimum Gasteiger partial charge on any atom is -0.384 e. The highest BCUT2D eigenvalue weighted by Gasteiger charge is 2.15. The molecule has 0 saturated heterocycles. The molecule has 0 bridgehead atoms. The predicted octanol–water partition coefficient (Wildman–Crippen LogP) is 2.72. The van der Waals surface area contributed by atoms with Crippen LogP contribution in [-0.4, -0.2) is 15.2 Å². The van der Waals surface area contributed by atoms with E-state index in [0.717, 1.165) is 16.7 Å². The fourth-order valence-electron chi connectivity index (χ4n) is 1.79. The molecule has 1 atom stereocenters. The Bertz CT molecular complexity index is 544. The molecule has 1 N–H and O–H groups in total. The largest absolute Gasteiger partial charge is 0.384 e. The van der Waals surface area contributed by atoms with Crippen LogP contribution in [0.25, 0.3) is 11.4 Å². The summed E-state index contributed by atoms with van der Waals surface area (Å²) in [4.78, 5) is 4.20. The molecule has 1 aromatic heterocycles. The van der Waals surface area contributed by atoms with Gasteiger partial charge in [-0.15, -0.1) is 0 Å². The smallest absolute Gasteiger partial charge is 0.255 e. The van der Waals surface area contributed by atoms with Gasteiger partial charge < -0.3 is 9.63 Å². The Morgan fingerprint density at radius 2 is 1.94 bits per heavy atom. The maximum atomic E-state index is 9.37. The van der Waals surface area contributed by atoms with Gasteiger partial charge in [-0.3, -0.25) is 0 Å². The Kier molecular flexibility index (Phi) is 2.98. The summed E-state index contributed by atoms with van der Waals surface area (Å²) in [7, 11) is 0. The van der Waals surface area contributed by atoms with Crippen molar-refractivity contribution in [2.75, 3.05) is 0 Å². The van der Waals surface area contributed by atoms with Crippen molar-refractivity contribution in [2.45, 2.75) is 33.8 Å².